The molecular formula is C21H22N4O2S2. The lowest BCUT2D eigenvalue weighted by Gasteiger charge is -2.13. The van der Waals surface area contributed by atoms with Crippen molar-refractivity contribution in [2.75, 3.05) is 11.9 Å². The Morgan fingerprint density at radius 2 is 2.07 bits per heavy atom. The van der Waals surface area contributed by atoms with Gasteiger partial charge in [-0.15, -0.1) is 0 Å². The molecule has 0 aliphatic rings. The van der Waals surface area contributed by atoms with Crippen molar-refractivity contribution in [2.45, 2.75) is 43.9 Å². The number of nitrogens with one attached hydrogen (secondary N) is 1. The van der Waals surface area contributed by atoms with E-state index in [2.05, 4.69) is 21.4 Å². The first-order valence-corrected chi connectivity index (χ1v) is 11.0. The van der Waals surface area contributed by atoms with Gasteiger partial charge in [0.25, 0.3) is 0 Å². The van der Waals surface area contributed by atoms with Crippen molar-refractivity contribution in [3.8, 4) is 11.8 Å². The van der Waals surface area contributed by atoms with Crippen molar-refractivity contribution in [3.63, 3.8) is 0 Å². The Balaban J connectivity index is 1.73. The van der Waals surface area contributed by atoms with E-state index in [-0.39, 0.29) is 11.8 Å². The number of carbonyl (C=O) groups is 1. The zero-order valence-electron chi connectivity index (χ0n) is 16.7. The fraction of sp³-hybridized carbons (Fsp3) is 0.333. The summed E-state index contributed by atoms with van der Waals surface area (Å²) in [7, 11) is 0. The van der Waals surface area contributed by atoms with Crippen molar-refractivity contribution >= 4 is 44.4 Å². The number of fused-ring (bicyclic) bond motifs is 1. The van der Waals surface area contributed by atoms with Gasteiger partial charge in [0.2, 0.25) is 5.91 Å². The third-order valence-electron chi connectivity index (χ3n) is 4.15. The number of thiazole rings is 1. The molecule has 0 saturated heterocycles. The number of ether oxygens (including phenoxy) is 1. The van der Waals surface area contributed by atoms with Crippen LogP contribution in [0.4, 0.5) is 5.13 Å². The zero-order valence-corrected chi connectivity index (χ0v) is 18.4. The molecule has 1 amide bonds. The van der Waals surface area contributed by atoms with Gasteiger partial charge >= 0.3 is 0 Å². The lowest BCUT2D eigenvalue weighted by molar-refractivity contribution is -0.115. The molecule has 1 N–H and O–H groups in total. The molecule has 3 rings (SSSR count). The maximum atomic E-state index is 12.7. The molecule has 0 aliphatic carbocycles. The molecule has 6 nitrogen and oxygen atoms in total. The van der Waals surface area contributed by atoms with Crippen LogP contribution >= 0.6 is 23.1 Å². The summed E-state index contributed by atoms with van der Waals surface area (Å²) in [4.78, 5) is 21.7. The van der Waals surface area contributed by atoms with E-state index < -0.39 is 5.25 Å². The SMILES string of the molecule is CCOc1ccc2nc(NC(=O)C(C)Sc3nc(C(C)C)ccc3C#N)sc2c1. The number of pyridine rings is 1. The largest absolute Gasteiger partial charge is 0.494 e. The van der Waals surface area contributed by atoms with Crippen LogP contribution in [-0.2, 0) is 4.79 Å². The third-order valence-corrected chi connectivity index (χ3v) is 6.19. The topological polar surface area (TPSA) is 87.9 Å². The minimum Gasteiger partial charge on any atom is -0.494 e. The molecule has 8 heteroatoms. The van der Waals surface area contributed by atoms with E-state index in [9.17, 15) is 10.1 Å². The van der Waals surface area contributed by atoms with Crippen molar-refractivity contribution < 1.29 is 9.53 Å². The van der Waals surface area contributed by atoms with E-state index in [1.807, 2.05) is 45.0 Å². The maximum absolute atomic E-state index is 12.7. The number of anilines is 1. The van der Waals surface area contributed by atoms with Crippen molar-refractivity contribution in [3.05, 3.63) is 41.6 Å². The first-order valence-electron chi connectivity index (χ1n) is 9.33. The number of thioether (sulfide) groups is 1. The number of nitriles is 1. The highest BCUT2D eigenvalue weighted by molar-refractivity contribution is 8.00. The van der Waals surface area contributed by atoms with Crippen LogP contribution < -0.4 is 10.1 Å². The first kappa shape index (κ1) is 21.1. The van der Waals surface area contributed by atoms with Crippen LogP contribution in [0.15, 0.2) is 35.4 Å². The molecule has 0 spiro atoms. The van der Waals surface area contributed by atoms with Gasteiger partial charge in [-0.05, 0) is 50.1 Å². The second-order valence-electron chi connectivity index (χ2n) is 6.69. The molecule has 150 valence electrons. The average molecular weight is 427 g/mol. The number of hydrogen-bond acceptors (Lipinski definition) is 7. The highest BCUT2D eigenvalue weighted by Gasteiger charge is 2.20. The third kappa shape index (κ3) is 5.05. The van der Waals surface area contributed by atoms with Crippen molar-refractivity contribution in [2.24, 2.45) is 0 Å². The predicted molar refractivity (Wildman–Crippen MR) is 118 cm³/mol. The number of rotatable bonds is 7. The monoisotopic (exact) mass is 426 g/mol. The summed E-state index contributed by atoms with van der Waals surface area (Å²) in [5, 5.41) is 12.9. The van der Waals surface area contributed by atoms with Crippen LogP contribution in [-0.4, -0.2) is 27.7 Å². The molecule has 1 atom stereocenters. The maximum Gasteiger partial charge on any atom is 0.239 e. The van der Waals surface area contributed by atoms with Gasteiger partial charge in [0.05, 0.1) is 27.6 Å². The molecule has 1 unspecified atom stereocenters. The van der Waals surface area contributed by atoms with Gasteiger partial charge in [-0.3, -0.25) is 4.79 Å². The van der Waals surface area contributed by atoms with Gasteiger partial charge in [0, 0.05) is 5.69 Å². The second kappa shape index (κ2) is 9.25. The molecule has 29 heavy (non-hydrogen) atoms. The predicted octanol–water partition coefficient (Wildman–Crippen LogP) is 5.20. The number of aromatic nitrogens is 2. The highest BCUT2D eigenvalue weighted by Crippen LogP contribution is 2.31. The summed E-state index contributed by atoms with van der Waals surface area (Å²) < 4.78 is 6.46. The second-order valence-corrected chi connectivity index (χ2v) is 9.05. The fourth-order valence-electron chi connectivity index (χ4n) is 2.59. The fourth-order valence-corrected chi connectivity index (χ4v) is 4.39. The van der Waals surface area contributed by atoms with Crippen molar-refractivity contribution in [1.82, 2.24) is 9.97 Å². The molecule has 1 aromatic carbocycles. The minimum absolute atomic E-state index is 0.181. The molecule has 0 fully saturated rings. The van der Waals surface area contributed by atoms with Crippen LogP contribution in [0.3, 0.4) is 0 Å². The summed E-state index contributed by atoms with van der Waals surface area (Å²) in [6, 6.07) is 11.4. The minimum atomic E-state index is -0.428. The van der Waals surface area contributed by atoms with E-state index in [1.165, 1.54) is 23.1 Å². The van der Waals surface area contributed by atoms with E-state index in [0.29, 0.717) is 22.3 Å². The molecule has 3 aromatic rings. The van der Waals surface area contributed by atoms with E-state index >= 15 is 0 Å². The van der Waals surface area contributed by atoms with E-state index in [4.69, 9.17) is 4.74 Å². The van der Waals surface area contributed by atoms with Crippen LogP contribution in [0.25, 0.3) is 10.2 Å². The molecule has 0 bridgehead atoms. The number of amides is 1. The molecule has 0 radical (unpaired) electrons. The Morgan fingerprint density at radius 3 is 2.76 bits per heavy atom. The normalized spacial score (nSPS) is 12.0. The zero-order chi connectivity index (χ0) is 21.0. The molecular weight excluding hydrogens is 404 g/mol. The Bertz CT molecular complexity index is 1070. The Kier molecular flexibility index (Phi) is 6.72. The number of carbonyl (C=O) groups excluding carboxylic acids is 1. The first-order chi connectivity index (χ1) is 13.9. The molecule has 0 aliphatic heterocycles. The van der Waals surface area contributed by atoms with Gasteiger partial charge in [-0.1, -0.05) is 36.9 Å². The van der Waals surface area contributed by atoms with Gasteiger partial charge in [-0.25, -0.2) is 9.97 Å². The van der Waals surface area contributed by atoms with Gasteiger partial charge in [0.15, 0.2) is 5.13 Å². The Hall–Kier alpha value is -2.63. The Morgan fingerprint density at radius 1 is 1.28 bits per heavy atom. The van der Waals surface area contributed by atoms with Crippen LogP contribution in [0, 0.1) is 11.3 Å². The van der Waals surface area contributed by atoms with Crippen LogP contribution in [0.5, 0.6) is 5.75 Å². The van der Waals surface area contributed by atoms with Gasteiger partial charge in [0.1, 0.15) is 16.8 Å². The van der Waals surface area contributed by atoms with Crippen LogP contribution in [0.2, 0.25) is 0 Å². The van der Waals surface area contributed by atoms with E-state index in [0.717, 1.165) is 21.7 Å². The summed E-state index contributed by atoms with van der Waals surface area (Å²) in [5.74, 6) is 0.848. The van der Waals surface area contributed by atoms with Crippen molar-refractivity contribution in [1.29, 1.82) is 5.26 Å². The summed E-state index contributed by atoms with van der Waals surface area (Å²) >= 11 is 2.68. The van der Waals surface area contributed by atoms with Gasteiger partial charge < -0.3 is 10.1 Å². The lowest BCUT2D eigenvalue weighted by Crippen LogP contribution is -2.22. The number of nitrogens with zero attached hydrogens (tertiary/aromatic N) is 3. The molecule has 2 heterocycles. The Labute approximate surface area is 178 Å². The summed E-state index contributed by atoms with van der Waals surface area (Å²) in [6.07, 6.45) is 0. The van der Waals surface area contributed by atoms with E-state index in [1.54, 1.807) is 13.0 Å². The lowest BCUT2D eigenvalue weighted by atomic mass is 10.1. The number of hydrogen-bond donors (Lipinski definition) is 1. The van der Waals surface area contributed by atoms with Gasteiger partial charge in [-0.2, -0.15) is 5.26 Å². The average Bonchev–Trinajstić information content (AvgIpc) is 3.09. The van der Waals surface area contributed by atoms with Crippen LogP contribution in [0.1, 0.15) is 44.9 Å². The number of benzene rings is 1. The smallest absolute Gasteiger partial charge is 0.239 e. The summed E-state index contributed by atoms with van der Waals surface area (Å²) in [5.41, 5.74) is 2.19. The summed E-state index contributed by atoms with van der Waals surface area (Å²) in [6.45, 7) is 8.42. The quantitative estimate of drug-likeness (QED) is 0.522. The standard InChI is InChI=1S/C21H22N4O2S2/c1-5-27-15-7-9-17-18(10-15)29-21(24-17)25-19(26)13(4)28-20-14(11-22)6-8-16(23-20)12(2)3/h6-10,12-13H,5H2,1-4H3,(H,24,25,26). The highest BCUT2D eigenvalue weighted by atomic mass is 32.2. The molecule has 0 saturated carbocycles. The molecule has 2 aromatic heterocycles.